The molecular weight excluding hydrogens is 626 g/mol. The lowest BCUT2D eigenvalue weighted by atomic mass is 9.98. The number of benzene rings is 3. The van der Waals surface area contributed by atoms with Crippen molar-refractivity contribution in [3.63, 3.8) is 0 Å². The maximum Gasteiger partial charge on any atom is 0.380 e. The third-order valence-electron chi connectivity index (χ3n) is 7.81. The minimum atomic E-state index is -4.24. The van der Waals surface area contributed by atoms with Crippen LogP contribution in [0.3, 0.4) is 0 Å². The fraction of sp³-hybridized carbons (Fsp3) is 0.250. The van der Waals surface area contributed by atoms with Gasteiger partial charge in [0, 0.05) is 31.6 Å². The van der Waals surface area contributed by atoms with E-state index < -0.39 is 34.5 Å². The Kier molecular flexibility index (Phi) is 9.89. The molecule has 0 spiro atoms. The Bertz CT molecular complexity index is 1770. The van der Waals surface area contributed by atoms with Gasteiger partial charge >= 0.3 is 16.3 Å². The number of amides is 5. The number of primary amides is 1. The summed E-state index contributed by atoms with van der Waals surface area (Å²) in [5, 5.41) is 11.0. The van der Waals surface area contributed by atoms with E-state index in [1.165, 1.54) is 22.0 Å². The fourth-order valence-electron chi connectivity index (χ4n) is 5.78. The molecule has 47 heavy (non-hydrogen) atoms. The molecule has 5 amide bonds. The van der Waals surface area contributed by atoms with Crippen LogP contribution < -0.4 is 20.4 Å². The van der Waals surface area contributed by atoms with Crippen molar-refractivity contribution < 1.29 is 31.8 Å². The maximum atomic E-state index is 14.2. The molecule has 2 aliphatic rings. The molecule has 15 heteroatoms. The fourth-order valence-corrected chi connectivity index (χ4v) is 6.16. The average molecular weight is 662 g/mol. The van der Waals surface area contributed by atoms with Crippen LogP contribution in [0.2, 0.25) is 0 Å². The highest BCUT2D eigenvalue weighted by Crippen LogP contribution is 2.30. The number of carbonyl (C=O) groups is 4. The Morgan fingerprint density at radius 2 is 1.68 bits per heavy atom. The van der Waals surface area contributed by atoms with Crippen molar-refractivity contribution in [3.05, 3.63) is 114 Å². The van der Waals surface area contributed by atoms with Gasteiger partial charge in [-0.1, -0.05) is 60.7 Å². The summed E-state index contributed by atoms with van der Waals surface area (Å²) < 4.78 is 27.4. The summed E-state index contributed by atoms with van der Waals surface area (Å²) in [6.07, 6.45) is 0.749. The van der Waals surface area contributed by atoms with Crippen molar-refractivity contribution in [2.45, 2.75) is 31.7 Å². The summed E-state index contributed by atoms with van der Waals surface area (Å²) in [4.78, 5) is 56.7. The van der Waals surface area contributed by atoms with Crippen LogP contribution in [0.4, 0.5) is 4.79 Å². The number of nitrogens with one attached hydrogen (secondary N) is 1. The van der Waals surface area contributed by atoms with Crippen LogP contribution in [0.1, 0.15) is 27.0 Å². The molecule has 0 aromatic heterocycles. The largest absolute Gasteiger partial charge is 0.380 e. The quantitative estimate of drug-likeness (QED) is 0.255. The number of nitrogens with two attached hydrogens (primary N) is 2. The number of nitrogens with zero attached hydrogens (tertiary/aromatic N) is 4. The van der Waals surface area contributed by atoms with Crippen LogP contribution in [-0.4, -0.2) is 83.8 Å². The zero-order valence-electron chi connectivity index (χ0n) is 25.4. The molecule has 5 N–H and O–H groups in total. The molecule has 2 saturated heterocycles. The number of hydrogen-bond acceptors (Lipinski definition) is 8. The second kappa shape index (κ2) is 14.0. The minimum absolute atomic E-state index is 0.0181. The third-order valence-corrected chi connectivity index (χ3v) is 8.24. The Balaban J connectivity index is 1.50. The van der Waals surface area contributed by atoms with Crippen LogP contribution >= 0.6 is 0 Å². The van der Waals surface area contributed by atoms with Gasteiger partial charge in [-0.2, -0.15) is 13.6 Å². The molecule has 3 aromatic carbocycles. The predicted molar refractivity (Wildman–Crippen MR) is 171 cm³/mol. The van der Waals surface area contributed by atoms with Gasteiger partial charge in [0.05, 0.1) is 13.1 Å². The molecule has 0 bridgehead atoms. The van der Waals surface area contributed by atoms with Gasteiger partial charge in [0.1, 0.15) is 18.0 Å². The molecule has 0 aliphatic carbocycles. The molecule has 0 saturated carbocycles. The summed E-state index contributed by atoms with van der Waals surface area (Å²) in [5.74, 6) is -1.36. The van der Waals surface area contributed by atoms with E-state index in [1.807, 2.05) is 30.3 Å². The lowest BCUT2D eigenvalue weighted by Crippen LogP contribution is -2.76. The molecule has 246 valence electrons. The van der Waals surface area contributed by atoms with Gasteiger partial charge in [-0.3, -0.25) is 14.4 Å². The Hall–Kier alpha value is -5.25. The van der Waals surface area contributed by atoms with E-state index >= 15 is 0 Å². The summed E-state index contributed by atoms with van der Waals surface area (Å²) in [7, 11) is -4.24. The first-order chi connectivity index (χ1) is 22.4. The first-order valence-corrected chi connectivity index (χ1v) is 16.2. The van der Waals surface area contributed by atoms with Crippen LogP contribution in [0.15, 0.2) is 91.5 Å². The van der Waals surface area contributed by atoms with Crippen molar-refractivity contribution in [1.29, 1.82) is 0 Å². The summed E-state index contributed by atoms with van der Waals surface area (Å²) in [6.45, 7) is 4.11. The Morgan fingerprint density at radius 3 is 2.34 bits per heavy atom. The standard InChI is InChI=1S/C32H35N7O7S/c1-2-15-37-21-29(40)38-27(17-22-11-13-26(14-12-22)46-47(34,44)45)31(42)36(19-24-9-6-10-25(16-24)30(33)41)20-28(38)39(37)32(43)35-18-23-7-4-3-5-8-23/h2-14,16,27-28H,1,15,17-21H2,(H2,33,41)(H,35,43)(H2,34,44,45)/t27-,28-/m0/s1. The number of hydrogen-bond donors (Lipinski definition) is 3. The van der Waals surface area contributed by atoms with Crippen molar-refractivity contribution in [3.8, 4) is 5.75 Å². The lowest BCUT2D eigenvalue weighted by Gasteiger charge is -2.55. The van der Waals surface area contributed by atoms with E-state index in [9.17, 15) is 27.6 Å². The SMILES string of the molecule is C=CCN1CC(=O)N2[C@@H](Cc3ccc(OS(N)(=O)=O)cc3)C(=O)N(Cc3cccc(C(N)=O)c3)C[C@@H]2N1C(=O)NCc1ccccc1. The van der Waals surface area contributed by atoms with Gasteiger partial charge in [0.15, 0.2) is 0 Å². The second-order valence-corrected chi connectivity index (χ2v) is 12.3. The molecule has 2 atom stereocenters. The highest BCUT2D eigenvalue weighted by atomic mass is 32.2. The van der Waals surface area contributed by atoms with Gasteiger partial charge in [-0.05, 0) is 41.0 Å². The number of piperazine rings is 1. The molecule has 5 rings (SSSR count). The normalized spacial score (nSPS) is 18.4. The molecule has 2 fully saturated rings. The number of rotatable bonds is 11. The zero-order valence-corrected chi connectivity index (χ0v) is 26.2. The van der Waals surface area contributed by atoms with Crippen molar-refractivity contribution in [2.75, 3.05) is 19.6 Å². The highest BCUT2D eigenvalue weighted by Gasteiger charge is 2.51. The molecule has 3 aromatic rings. The van der Waals surface area contributed by atoms with Crippen molar-refractivity contribution >= 4 is 34.1 Å². The lowest BCUT2D eigenvalue weighted by molar-refractivity contribution is -0.189. The zero-order chi connectivity index (χ0) is 33.7. The highest BCUT2D eigenvalue weighted by molar-refractivity contribution is 7.84. The molecule has 2 aliphatic heterocycles. The first kappa shape index (κ1) is 33.1. The molecule has 0 radical (unpaired) electrons. The van der Waals surface area contributed by atoms with E-state index in [0.717, 1.165) is 5.56 Å². The van der Waals surface area contributed by atoms with Crippen LogP contribution in [0.25, 0.3) is 0 Å². The first-order valence-electron chi connectivity index (χ1n) is 14.7. The topological polar surface area (TPSA) is 189 Å². The summed E-state index contributed by atoms with van der Waals surface area (Å²) >= 11 is 0. The number of hydrazine groups is 1. The smallest absolute Gasteiger partial charge is 0.371 e. The van der Waals surface area contributed by atoms with Crippen molar-refractivity contribution in [2.24, 2.45) is 10.9 Å². The van der Waals surface area contributed by atoms with Gasteiger partial charge in [0.2, 0.25) is 17.7 Å². The molecular formula is C32H35N7O7S. The van der Waals surface area contributed by atoms with Crippen LogP contribution in [0, 0.1) is 0 Å². The van der Waals surface area contributed by atoms with Gasteiger partial charge < -0.3 is 25.0 Å². The number of urea groups is 1. The van der Waals surface area contributed by atoms with Crippen LogP contribution in [0.5, 0.6) is 5.75 Å². The minimum Gasteiger partial charge on any atom is -0.371 e. The van der Waals surface area contributed by atoms with Crippen molar-refractivity contribution in [1.82, 2.24) is 25.1 Å². The van der Waals surface area contributed by atoms with E-state index in [2.05, 4.69) is 11.9 Å². The number of carbonyl (C=O) groups excluding carboxylic acids is 4. The average Bonchev–Trinajstić information content (AvgIpc) is 3.03. The van der Waals surface area contributed by atoms with Crippen LogP contribution in [-0.2, 0) is 39.4 Å². The molecule has 2 heterocycles. The van der Waals surface area contributed by atoms with E-state index in [4.69, 9.17) is 15.1 Å². The predicted octanol–water partition coefficient (Wildman–Crippen LogP) is 1.10. The molecule has 0 unspecified atom stereocenters. The van der Waals surface area contributed by atoms with Gasteiger partial charge in [-0.15, -0.1) is 6.58 Å². The van der Waals surface area contributed by atoms with E-state index in [-0.39, 0.29) is 62.3 Å². The Morgan fingerprint density at radius 1 is 0.979 bits per heavy atom. The van der Waals surface area contributed by atoms with E-state index in [0.29, 0.717) is 11.1 Å². The third kappa shape index (κ3) is 7.95. The van der Waals surface area contributed by atoms with Gasteiger partial charge in [0.25, 0.3) is 0 Å². The second-order valence-electron chi connectivity index (χ2n) is 11.1. The Labute approximate surface area is 272 Å². The summed E-state index contributed by atoms with van der Waals surface area (Å²) in [5.41, 5.74) is 7.88. The molecule has 14 nitrogen and oxygen atoms in total. The monoisotopic (exact) mass is 661 g/mol. The van der Waals surface area contributed by atoms with Gasteiger partial charge in [-0.25, -0.2) is 14.8 Å². The maximum absolute atomic E-state index is 14.2. The summed E-state index contributed by atoms with van der Waals surface area (Å²) in [6, 6.07) is 20.4. The number of fused-ring (bicyclic) bond motifs is 1. The van der Waals surface area contributed by atoms with E-state index in [1.54, 1.807) is 52.4 Å².